The molecule has 0 bridgehead atoms. The number of benzene rings is 2. The van der Waals surface area contributed by atoms with Gasteiger partial charge in [-0.15, -0.1) is 0 Å². The van der Waals surface area contributed by atoms with Crippen molar-refractivity contribution in [3.63, 3.8) is 0 Å². The Hall–Kier alpha value is -2.61. The summed E-state index contributed by atoms with van der Waals surface area (Å²) in [4.78, 5) is 12.6. The summed E-state index contributed by atoms with van der Waals surface area (Å²) < 4.78 is 61.0. The van der Waals surface area contributed by atoms with Crippen LogP contribution in [0, 0.1) is 30.2 Å². The van der Waals surface area contributed by atoms with Crippen LogP contribution in [0.3, 0.4) is 0 Å². The lowest BCUT2D eigenvalue weighted by Crippen LogP contribution is -2.24. The van der Waals surface area contributed by atoms with E-state index in [9.17, 15) is 22.4 Å². The van der Waals surface area contributed by atoms with Gasteiger partial charge in [-0.3, -0.25) is 9.36 Å². The molecule has 3 rings (SSSR count). The average Bonchev–Trinajstić information content (AvgIpc) is 2.60. The zero-order valence-electron chi connectivity index (χ0n) is 13.9. The number of halogens is 5. The highest BCUT2D eigenvalue weighted by Gasteiger charge is 2.19. The molecule has 0 aliphatic carbocycles. The Balaban J connectivity index is 1.99. The van der Waals surface area contributed by atoms with Crippen LogP contribution in [0.15, 0.2) is 51.7 Å². The molecule has 0 atom stereocenters. The lowest BCUT2D eigenvalue weighted by atomic mass is 10.2. The second kappa shape index (κ2) is 7.56. The normalized spacial score (nSPS) is 10.9. The van der Waals surface area contributed by atoms with Gasteiger partial charge in [0.2, 0.25) is 0 Å². The number of rotatable bonds is 4. The number of ether oxygens (including phenoxy) is 1. The minimum absolute atomic E-state index is 0.0641. The van der Waals surface area contributed by atoms with Crippen molar-refractivity contribution in [2.75, 3.05) is 0 Å². The van der Waals surface area contributed by atoms with Gasteiger partial charge in [-0.1, -0.05) is 6.07 Å². The van der Waals surface area contributed by atoms with Crippen LogP contribution in [0.25, 0.3) is 5.69 Å². The molecule has 0 aliphatic rings. The van der Waals surface area contributed by atoms with Crippen molar-refractivity contribution < 1.29 is 22.3 Å². The van der Waals surface area contributed by atoms with E-state index >= 15 is 0 Å². The molecule has 140 valence electrons. The molecule has 0 fully saturated rings. The molecule has 1 aromatic heterocycles. The van der Waals surface area contributed by atoms with E-state index in [1.807, 2.05) is 0 Å². The van der Waals surface area contributed by atoms with E-state index in [-0.39, 0.29) is 28.1 Å². The zero-order chi connectivity index (χ0) is 19.7. The van der Waals surface area contributed by atoms with Crippen molar-refractivity contribution in [2.45, 2.75) is 13.5 Å². The molecule has 8 heteroatoms. The predicted molar refractivity (Wildman–Crippen MR) is 95.1 cm³/mol. The van der Waals surface area contributed by atoms with Crippen molar-refractivity contribution in [3.05, 3.63) is 91.8 Å². The van der Waals surface area contributed by atoms with E-state index < -0.39 is 34.5 Å². The fourth-order valence-electron chi connectivity index (χ4n) is 2.56. The largest absolute Gasteiger partial charge is 0.487 e. The topological polar surface area (TPSA) is 31.2 Å². The maximum atomic E-state index is 14.1. The van der Waals surface area contributed by atoms with Gasteiger partial charge in [0, 0.05) is 23.4 Å². The highest BCUT2D eigenvalue weighted by atomic mass is 79.9. The fraction of sp³-hybridized carbons (Fsp3) is 0.105. The van der Waals surface area contributed by atoms with Crippen LogP contribution >= 0.6 is 15.9 Å². The van der Waals surface area contributed by atoms with E-state index in [0.29, 0.717) is 0 Å². The van der Waals surface area contributed by atoms with Gasteiger partial charge in [-0.25, -0.2) is 17.6 Å². The molecule has 0 N–H and O–H groups in total. The maximum Gasteiger partial charge on any atom is 0.273 e. The molecular weight excluding hydrogens is 430 g/mol. The third-order valence-corrected chi connectivity index (χ3v) is 4.59. The Morgan fingerprint density at radius 3 is 2.30 bits per heavy atom. The summed E-state index contributed by atoms with van der Waals surface area (Å²) in [7, 11) is 0. The monoisotopic (exact) mass is 441 g/mol. The van der Waals surface area contributed by atoms with Gasteiger partial charge in [0.15, 0.2) is 0 Å². The van der Waals surface area contributed by atoms with Crippen LogP contribution in [0.4, 0.5) is 17.6 Å². The summed E-state index contributed by atoms with van der Waals surface area (Å²) in [5.74, 6) is -3.23. The van der Waals surface area contributed by atoms with Gasteiger partial charge in [0.1, 0.15) is 45.8 Å². The first-order valence-electron chi connectivity index (χ1n) is 7.73. The Kier molecular flexibility index (Phi) is 5.36. The molecule has 3 nitrogen and oxygen atoms in total. The van der Waals surface area contributed by atoms with Gasteiger partial charge in [-0.05, 0) is 47.1 Å². The average molecular weight is 442 g/mol. The van der Waals surface area contributed by atoms with E-state index in [0.717, 1.165) is 28.8 Å². The third-order valence-electron chi connectivity index (χ3n) is 3.86. The molecule has 0 aliphatic heterocycles. The lowest BCUT2D eigenvalue weighted by molar-refractivity contribution is 0.296. The van der Waals surface area contributed by atoms with Crippen LogP contribution in [0.1, 0.15) is 11.3 Å². The van der Waals surface area contributed by atoms with Crippen LogP contribution in [-0.2, 0) is 6.61 Å². The number of aromatic nitrogens is 1. The van der Waals surface area contributed by atoms with Gasteiger partial charge in [-0.2, -0.15) is 0 Å². The number of nitrogens with zero attached hydrogens (tertiary/aromatic N) is 1. The standard InChI is InChI=1S/C19H12BrF4NO2/c1-10-7-16(27-9-11-5-6-12(21)8-15(11)24)17(20)19(26)25(10)18-13(22)3-2-4-14(18)23/h2-8H,9H2,1H3. The minimum atomic E-state index is -0.894. The van der Waals surface area contributed by atoms with E-state index in [2.05, 4.69) is 15.9 Å². The summed E-state index contributed by atoms with van der Waals surface area (Å²) in [5, 5.41) is 0. The van der Waals surface area contributed by atoms with Gasteiger partial charge >= 0.3 is 0 Å². The maximum absolute atomic E-state index is 14.1. The smallest absolute Gasteiger partial charge is 0.273 e. The predicted octanol–water partition coefficient (Wildman–Crippen LogP) is 5.04. The van der Waals surface area contributed by atoms with Crippen molar-refractivity contribution >= 4 is 15.9 Å². The molecule has 27 heavy (non-hydrogen) atoms. The van der Waals surface area contributed by atoms with Gasteiger partial charge in [0.25, 0.3) is 5.56 Å². The van der Waals surface area contributed by atoms with Gasteiger partial charge in [0.05, 0.1) is 0 Å². The van der Waals surface area contributed by atoms with Crippen LogP contribution in [0.2, 0.25) is 0 Å². The SMILES string of the molecule is Cc1cc(OCc2ccc(F)cc2F)c(Br)c(=O)n1-c1c(F)cccc1F. The second-order valence-electron chi connectivity index (χ2n) is 5.70. The molecule has 0 saturated carbocycles. The first kappa shape index (κ1) is 19.2. The summed E-state index contributed by atoms with van der Waals surface area (Å²) in [6.45, 7) is 1.22. The molecule has 0 radical (unpaired) electrons. The highest BCUT2D eigenvalue weighted by molar-refractivity contribution is 9.10. The summed E-state index contributed by atoms with van der Waals surface area (Å²) in [6.07, 6.45) is 0. The number of aryl methyl sites for hydroxylation is 1. The van der Waals surface area contributed by atoms with E-state index in [4.69, 9.17) is 4.74 Å². The third kappa shape index (κ3) is 3.75. The number of para-hydroxylation sites is 1. The highest BCUT2D eigenvalue weighted by Crippen LogP contribution is 2.27. The zero-order valence-corrected chi connectivity index (χ0v) is 15.5. The molecule has 3 aromatic rings. The van der Waals surface area contributed by atoms with E-state index in [1.54, 1.807) is 0 Å². The molecular formula is C19H12BrF4NO2. The second-order valence-corrected chi connectivity index (χ2v) is 6.49. The van der Waals surface area contributed by atoms with Crippen LogP contribution in [0.5, 0.6) is 5.75 Å². The molecule has 0 spiro atoms. The Bertz CT molecular complexity index is 1060. The number of hydrogen-bond acceptors (Lipinski definition) is 2. The summed E-state index contributed by atoms with van der Waals surface area (Å²) in [5.41, 5.74) is -0.947. The molecule has 0 amide bonds. The van der Waals surface area contributed by atoms with Crippen molar-refractivity contribution in [2.24, 2.45) is 0 Å². The minimum Gasteiger partial charge on any atom is -0.487 e. The lowest BCUT2D eigenvalue weighted by Gasteiger charge is -2.15. The fourth-order valence-corrected chi connectivity index (χ4v) is 2.97. The van der Waals surface area contributed by atoms with Gasteiger partial charge < -0.3 is 4.74 Å². The van der Waals surface area contributed by atoms with E-state index in [1.165, 1.54) is 25.1 Å². The molecule has 0 saturated heterocycles. The first-order valence-corrected chi connectivity index (χ1v) is 8.52. The quantitative estimate of drug-likeness (QED) is 0.530. The van der Waals surface area contributed by atoms with Crippen molar-refractivity contribution in [1.29, 1.82) is 0 Å². The molecule has 0 unspecified atom stereocenters. The first-order chi connectivity index (χ1) is 12.8. The number of pyridine rings is 1. The van der Waals surface area contributed by atoms with Crippen molar-refractivity contribution in [3.8, 4) is 11.4 Å². The Labute approximate surface area is 160 Å². The summed E-state index contributed by atoms with van der Waals surface area (Å²) in [6, 6.07) is 7.69. The van der Waals surface area contributed by atoms with Crippen LogP contribution in [-0.4, -0.2) is 4.57 Å². The Morgan fingerprint density at radius 1 is 1.00 bits per heavy atom. The molecule has 2 aromatic carbocycles. The Morgan fingerprint density at radius 2 is 1.67 bits per heavy atom. The van der Waals surface area contributed by atoms with Crippen LogP contribution < -0.4 is 10.3 Å². The summed E-state index contributed by atoms with van der Waals surface area (Å²) >= 11 is 3.06. The molecule has 1 heterocycles. The van der Waals surface area contributed by atoms with Crippen molar-refractivity contribution in [1.82, 2.24) is 4.57 Å². The number of hydrogen-bond donors (Lipinski definition) is 0.